The van der Waals surface area contributed by atoms with Crippen molar-refractivity contribution in [2.75, 3.05) is 0 Å². The quantitative estimate of drug-likeness (QED) is 0.620. The van der Waals surface area contributed by atoms with E-state index in [-0.39, 0.29) is 0 Å². The first kappa shape index (κ1) is 8.98. The molecule has 0 heterocycles. The molecule has 0 spiro atoms. The maximum Gasteiger partial charge on any atom is 0.187 e. The predicted octanol–water partition coefficient (Wildman–Crippen LogP) is 3.73. The minimum Gasteiger partial charge on any atom is -0.226 e. The molecule has 0 amide bonds. The molecule has 0 radical (unpaired) electrons. The van der Waals surface area contributed by atoms with Crippen molar-refractivity contribution in [3.63, 3.8) is 0 Å². The van der Waals surface area contributed by atoms with Crippen LogP contribution in [-0.4, -0.2) is 4.58 Å². The van der Waals surface area contributed by atoms with Gasteiger partial charge in [0.1, 0.15) is 0 Å². The minimum absolute atomic E-state index is 0.445. The summed E-state index contributed by atoms with van der Waals surface area (Å²) in [5.74, 6) is 0. The molecule has 1 aliphatic carbocycles. The van der Waals surface area contributed by atoms with Gasteiger partial charge in [0, 0.05) is 6.42 Å². The van der Waals surface area contributed by atoms with E-state index in [1.165, 1.54) is 0 Å². The molecule has 1 unspecified atom stereocenters. The highest BCUT2D eigenvalue weighted by Crippen LogP contribution is 2.32. The van der Waals surface area contributed by atoms with Crippen LogP contribution in [0.2, 0.25) is 0 Å². The summed E-state index contributed by atoms with van der Waals surface area (Å²) < 4.78 is 11.9. The van der Waals surface area contributed by atoms with Crippen LogP contribution < -0.4 is 0 Å². The van der Waals surface area contributed by atoms with Gasteiger partial charge in [0.05, 0.1) is 0 Å². The molecule has 0 aromatic heterocycles. The second-order valence-electron chi connectivity index (χ2n) is 2.84. The molecule has 1 atom stereocenters. The number of hydrogen-bond acceptors (Lipinski definition) is 0. The van der Waals surface area contributed by atoms with Crippen molar-refractivity contribution in [2.24, 2.45) is 0 Å². The van der Waals surface area contributed by atoms with Gasteiger partial charge in [-0.1, -0.05) is 25.5 Å². The Hall–Kier alpha value is -0.110. The SMILES string of the molecule is CCCC1=CC(F)(Br)CC=C1. The van der Waals surface area contributed by atoms with Crippen molar-refractivity contribution in [1.29, 1.82) is 0 Å². The zero-order valence-corrected chi connectivity index (χ0v) is 8.20. The maximum atomic E-state index is 13.2. The lowest BCUT2D eigenvalue weighted by Gasteiger charge is -2.17. The highest BCUT2D eigenvalue weighted by atomic mass is 79.9. The molecule has 62 valence electrons. The summed E-state index contributed by atoms with van der Waals surface area (Å²) in [5, 5.41) is 0. The molecule has 0 saturated carbocycles. The van der Waals surface area contributed by atoms with E-state index in [4.69, 9.17) is 0 Å². The largest absolute Gasteiger partial charge is 0.226 e. The molecule has 0 aromatic carbocycles. The van der Waals surface area contributed by atoms with Crippen LogP contribution in [0.25, 0.3) is 0 Å². The highest BCUT2D eigenvalue weighted by Gasteiger charge is 2.23. The molecular weight excluding hydrogens is 207 g/mol. The summed E-state index contributed by atoms with van der Waals surface area (Å²) in [5.41, 5.74) is 1.10. The summed E-state index contributed by atoms with van der Waals surface area (Å²) in [6.07, 6.45) is 8.02. The average molecular weight is 219 g/mol. The molecular formula is C9H12BrF. The van der Waals surface area contributed by atoms with Crippen molar-refractivity contribution in [3.05, 3.63) is 23.8 Å². The molecule has 2 heteroatoms. The lowest BCUT2D eigenvalue weighted by molar-refractivity contribution is 0.365. The summed E-state index contributed by atoms with van der Waals surface area (Å²) in [7, 11) is 0. The first-order chi connectivity index (χ1) is 5.14. The monoisotopic (exact) mass is 218 g/mol. The molecule has 0 nitrogen and oxygen atoms in total. The number of allylic oxidation sites excluding steroid dienone is 4. The van der Waals surface area contributed by atoms with E-state index in [0.717, 1.165) is 18.4 Å². The van der Waals surface area contributed by atoms with E-state index in [9.17, 15) is 4.39 Å². The van der Waals surface area contributed by atoms with Gasteiger partial charge in [-0.2, -0.15) is 0 Å². The Bertz CT molecular complexity index is 192. The van der Waals surface area contributed by atoms with Crippen molar-refractivity contribution < 1.29 is 4.39 Å². The third-order valence-electron chi connectivity index (χ3n) is 1.66. The molecule has 1 aliphatic rings. The van der Waals surface area contributed by atoms with Crippen molar-refractivity contribution in [2.45, 2.75) is 30.8 Å². The Balaban J connectivity index is 2.64. The van der Waals surface area contributed by atoms with Gasteiger partial charge in [-0.25, -0.2) is 4.39 Å². The predicted molar refractivity (Wildman–Crippen MR) is 49.5 cm³/mol. The van der Waals surface area contributed by atoms with Crippen LogP contribution in [0, 0.1) is 0 Å². The zero-order valence-electron chi connectivity index (χ0n) is 6.61. The fourth-order valence-corrected chi connectivity index (χ4v) is 1.67. The fourth-order valence-electron chi connectivity index (χ4n) is 1.19. The highest BCUT2D eigenvalue weighted by molar-refractivity contribution is 9.10. The van der Waals surface area contributed by atoms with Gasteiger partial charge >= 0.3 is 0 Å². The number of alkyl halides is 2. The summed E-state index contributed by atoms with van der Waals surface area (Å²) >= 11 is 3.01. The summed E-state index contributed by atoms with van der Waals surface area (Å²) in [4.78, 5) is 0. The molecule has 0 aromatic rings. The van der Waals surface area contributed by atoms with Gasteiger partial charge in [-0.15, -0.1) is 0 Å². The molecule has 11 heavy (non-hydrogen) atoms. The molecule has 1 rings (SSSR count). The van der Waals surface area contributed by atoms with Crippen molar-refractivity contribution >= 4 is 15.9 Å². The summed E-state index contributed by atoms with van der Waals surface area (Å²) in [6, 6.07) is 0. The third-order valence-corrected chi connectivity index (χ3v) is 2.21. The molecule has 0 aliphatic heterocycles. The van der Waals surface area contributed by atoms with Crippen LogP contribution >= 0.6 is 15.9 Å². The van der Waals surface area contributed by atoms with E-state index in [1.54, 1.807) is 6.08 Å². The van der Waals surface area contributed by atoms with Crippen molar-refractivity contribution in [1.82, 2.24) is 0 Å². The normalized spacial score (nSPS) is 30.3. The van der Waals surface area contributed by atoms with Crippen LogP contribution in [-0.2, 0) is 0 Å². The number of hydrogen-bond donors (Lipinski definition) is 0. The van der Waals surface area contributed by atoms with Gasteiger partial charge < -0.3 is 0 Å². The van der Waals surface area contributed by atoms with Crippen molar-refractivity contribution in [3.8, 4) is 0 Å². The summed E-state index contributed by atoms with van der Waals surface area (Å²) in [6.45, 7) is 2.09. The Morgan fingerprint density at radius 2 is 2.45 bits per heavy atom. The van der Waals surface area contributed by atoms with Gasteiger partial charge in [0.2, 0.25) is 0 Å². The van der Waals surface area contributed by atoms with E-state index < -0.39 is 4.58 Å². The fraction of sp³-hybridized carbons (Fsp3) is 0.556. The van der Waals surface area contributed by atoms with Crippen LogP contribution in [0.5, 0.6) is 0 Å². The first-order valence-corrected chi connectivity index (χ1v) is 4.69. The Kier molecular flexibility index (Phi) is 2.88. The van der Waals surface area contributed by atoms with Crippen LogP contribution in [0.4, 0.5) is 4.39 Å². The minimum atomic E-state index is -1.29. The lowest BCUT2D eigenvalue weighted by atomic mass is 10.0. The van der Waals surface area contributed by atoms with Crippen LogP contribution in [0.1, 0.15) is 26.2 Å². The topological polar surface area (TPSA) is 0 Å². The first-order valence-electron chi connectivity index (χ1n) is 3.90. The lowest BCUT2D eigenvalue weighted by Crippen LogP contribution is -2.11. The Morgan fingerprint density at radius 3 is 3.00 bits per heavy atom. The van der Waals surface area contributed by atoms with E-state index >= 15 is 0 Å². The second kappa shape index (κ2) is 3.53. The maximum absolute atomic E-state index is 13.2. The molecule has 0 bridgehead atoms. The number of halogens is 2. The van der Waals surface area contributed by atoms with Gasteiger partial charge in [0.15, 0.2) is 4.58 Å². The van der Waals surface area contributed by atoms with E-state index in [1.807, 2.05) is 12.2 Å². The van der Waals surface area contributed by atoms with Crippen LogP contribution in [0.15, 0.2) is 23.8 Å². The molecule has 0 saturated heterocycles. The number of rotatable bonds is 2. The van der Waals surface area contributed by atoms with E-state index in [2.05, 4.69) is 22.9 Å². The smallest absolute Gasteiger partial charge is 0.187 e. The third kappa shape index (κ3) is 2.78. The standard InChI is InChI=1S/C9H12BrF/c1-2-4-8-5-3-6-9(10,11)7-8/h3,5,7H,2,4,6H2,1H3. The zero-order chi connectivity index (χ0) is 8.32. The van der Waals surface area contributed by atoms with Gasteiger partial charge in [0.25, 0.3) is 0 Å². The van der Waals surface area contributed by atoms with Gasteiger partial charge in [-0.05, 0) is 34.0 Å². The van der Waals surface area contributed by atoms with E-state index in [0.29, 0.717) is 6.42 Å². The Morgan fingerprint density at radius 1 is 1.73 bits per heavy atom. The van der Waals surface area contributed by atoms with Crippen LogP contribution in [0.3, 0.4) is 0 Å². The van der Waals surface area contributed by atoms with Gasteiger partial charge in [-0.3, -0.25) is 0 Å². The average Bonchev–Trinajstić information content (AvgIpc) is 1.85. The Labute approximate surface area is 75.3 Å². The molecule has 0 fully saturated rings. The second-order valence-corrected chi connectivity index (χ2v) is 4.16. The molecule has 0 N–H and O–H groups in total.